The van der Waals surface area contributed by atoms with Crippen LogP contribution >= 0.6 is 0 Å². The van der Waals surface area contributed by atoms with Gasteiger partial charge in [-0.2, -0.15) is 13.2 Å². The number of amides is 2. The molecule has 1 atom stereocenters. The number of alkyl carbamates (subject to hydrolysis) is 1. The van der Waals surface area contributed by atoms with Crippen LogP contribution in [0.1, 0.15) is 30.9 Å². The number of benzene rings is 2. The highest BCUT2D eigenvalue weighted by Crippen LogP contribution is 2.44. The van der Waals surface area contributed by atoms with Gasteiger partial charge in [-0.15, -0.1) is 0 Å². The average Bonchev–Trinajstić information content (AvgIpc) is 3.07. The Morgan fingerprint density at radius 1 is 1.03 bits per heavy atom. The second-order valence-corrected chi connectivity index (χ2v) is 8.39. The van der Waals surface area contributed by atoms with Gasteiger partial charge in [-0.1, -0.05) is 62.4 Å². The van der Waals surface area contributed by atoms with Crippen molar-refractivity contribution in [3.63, 3.8) is 0 Å². The van der Waals surface area contributed by atoms with Crippen molar-refractivity contribution in [3.8, 4) is 11.1 Å². The van der Waals surface area contributed by atoms with E-state index in [2.05, 4.69) is 5.32 Å². The van der Waals surface area contributed by atoms with Crippen LogP contribution in [0.3, 0.4) is 0 Å². The summed E-state index contributed by atoms with van der Waals surface area (Å²) in [6, 6.07) is 14.0. The standard InChI is InChI=1S/C24H25F3N2O5/c1-14(2)21(22(32)29(11-20(30)31)13-24(25,26)27)28-23(33)34-12-19-17-9-5-3-7-15(17)16-8-4-6-10-18(16)19/h3-10,14,19,21H,11-13H2,1-2H3,(H,28,33)(H,30,31)/t21-/m0/s1. The van der Waals surface area contributed by atoms with Crippen molar-refractivity contribution >= 4 is 18.0 Å². The number of nitrogens with zero attached hydrogens (tertiary/aromatic N) is 1. The molecule has 2 aromatic rings. The molecule has 182 valence electrons. The fourth-order valence-electron chi connectivity index (χ4n) is 4.07. The monoisotopic (exact) mass is 478 g/mol. The number of rotatable bonds is 8. The molecule has 0 saturated heterocycles. The molecule has 0 fully saturated rings. The third-order valence-corrected chi connectivity index (χ3v) is 5.56. The summed E-state index contributed by atoms with van der Waals surface area (Å²) < 4.78 is 44.0. The van der Waals surface area contributed by atoms with Gasteiger partial charge < -0.3 is 20.1 Å². The number of hydrogen-bond acceptors (Lipinski definition) is 4. The van der Waals surface area contributed by atoms with Gasteiger partial charge in [-0.25, -0.2) is 4.79 Å². The van der Waals surface area contributed by atoms with E-state index in [4.69, 9.17) is 9.84 Å². The second kappa shape index (κ2) is 10.1. The van der Waals surface area contributed by atoms with Crippen LogP contribution in [0.5, 0.6) is 0 Å². The first-order valence-corrected chi connectivity index (χ1v) is 10.7. The van der Waals surface area contributed by atoms with Crippen molar-refractivity contribution in [2.24, 2.45) is 5.92 Å². The quantitative estimate of drug-likeness (QED) is 0.598. The molecular formula is C24H25F3N2O5. The highest BCUT2D eigenvalue weighted by Gasteiger charge is 2.38. The zero-order valence-electron chi connectivity index (χ0n) is 18.6. The predicted molar refractivity (Wildman–Crippen MR) is 117 cm³/mol. The van der Waals surface area contributed by atoms with Crippen molar-refractivity contribution in [1.82, 2.24) is 10.2 Å². The van der Waals surface area contributed by atoms with Crippen LogP contribution in [-0.2, 0) is 14.3 Å². The number of aliphatic carboxylic acids is 1. The van der Waals surface area contributed by atoms with Crippen molar-refractivity contribution in [1.29, 1.82) is 0 Å². The summed E-state index contributed by atoms with van der Waals surface area (Å²) >= 11 is 0. The molecule has 0 heterocycles. The van der Waals surface area contributed by atoms with Gasteiger partial charge >= 0.3 is 18.2 Å². The number of carbonyl (C=O) groups excluding carboxylic acids is 2. The van der Waals surface area contributed by atoms with E-state index in [-0.39, 0.29) is 17.4 Å². The van der Waals surface area contributed by atoms with Gasteiger partial charge in [0.1, 0.15) is 25.7 Å². The Labute approximate surface area is 194 Å². The number of nitrogens with one attached hydrogen (secondary N) is 1. The first-order valence-electron chi connectivity index (χ1n) is 10.7. The van der Waals surface area contributed by atoms with Gasteiger partial charge in [0.05, 0.1) is 0 Å². The van der Waals surface area contributed by atoms with Crippen molar-refractivity contribution in [2.45, 2.75) is 32.0 Å². The lowest BCUT2D eigenvalue weighted by atomic mass is 9.98. The summed E-state index contributed by atoms with van der Waals surface area (Å²) in [6.07, 6.45) is -5.77. The molecule has 34 heavy (non-hydrogen) atoms. The Morgan fingerprint density at radius 3 is 2.03 bits per heavy atom. The SMILES string of the molecule is CC(C)[C@H](NC(=O)OCC1c2ccccc2-c2ccccc21)C(=O)N(CC(=O)O)CC(F)(F)F. The maximum absolute atomic E-state index is 12.9. The van der Waals surface area contributed by atoms with E-state index in [1.807, 2.05) is 48.5 Å². The maximum atomic E-state index is 12.9. The van der Waals surface area contributed by atoms with Crippen molar-refractivity contribution in [3.05, 3.63) is 59.7 Å². The molecule has 1 aliphatic carbocycles. The van der Waals surface area contributed by atoms with Crippen LogP contribution in [0.2, 0.25) is 0 Å². The Kier molecular flexibility index (Phi) is 7.48. The van der Waals surface area contributed by atoms with Gasteiger partial charge in [-0.05, 0) is 28.2 Å². The normalized spacial score (nSPS) is 13.7. The zero-order valence-corrected chi connectivity index (χ0v) is 18.6. The zero-order chi connectivity index (χ0) is 25.0. The Bertz CT molecular complexity index is 1030. The lowest BCUT2D eigenvalue weighted by Crippen LogP contribution is -2.54. The highest BCUT2D eigenvalue weighted by atomic mass is 19.4. The Hall–Kier alpha value is -3.56. The summed E-state index contributed by atoms with van der Waals surface area (Å²) in [7, 11) is 0. The van der Waals surface area contributed by atoms with Gasteiger partial charge in [-0.3, -0.25) is 9.59 Å². The van der Waals surface area contributed by atoms with Crippen LogP contribution < -0.4 is 5.32 Å². The molecule has 10 heteroatoms. The van der Waals surface area contributed by atoms with E-state index in [0.29, 0.717) is 0 Å². The minimum absolute atomic E-state index is 0.0414. The van der Waals surface area contributed by atoms with E-state index >= 15 is 0 Å². The number of carboxylic acids is 1. The molecule has 7 nitrogen and oxygen atoms in total. The number of alkyl halides is 3. The summed E-state index contributed by atoms with van der Waals surface area (Å²) in [4.78, 5) is 36.4. The first kappa shape index (κ1) is 25.1. The number of halogens is 3. The number of hydrogen-bond donors (Lipinski definition) is 2. The number of ether oxygens (including phenoxy) is 1. The van der Waals surface area contributed by atoms with Gasteiger partial charge in [0.2, 0.25) is 5.91 Å². The van der Waals surface area contributed by atoms with Crippen LogP contribution in [0, 0.1) is 5.92 Å². The van der Waals surface area contributed by atoms with Gasteiger partial charge in [0.25, 0.3) is 0 Å². The van der Waals surface area contributed by atoms with Gasteiger partial charge in [0, 0.05) is 5.92 Å². The van der Waals surface area contributed by atoms with Crippen LogP contribution in [0.15, 0.2) is 48.5 Å². The molecule has 0 saturated carbocycles. The highest BCUT2D eigenvalue weighted by molar-refractivity contribution is 5.88. The fourth-order valence-corrected chi connectivity index (χ4v) is 4.07. The molecule has 0 spiro atoms. The summed E-state index contributed by atoms with van der Waals surface area (Å²) in [6.45, 7) is 0.125. The lowest BCUT2D eigenvalue weighted by molar-refractivity contribution is -0.167. The van der Waals surface area contributed by atoms with Crippen LogP contribution in [0.25, 0.3) is 11.1 Å². The van der Waals surface area contributed by atoms with Crippen molar-refractivity contribution in [2.75, 3.05) is 19.7 Å². The fraction of sp³-hybridized carbons (Fsp3) is 0.375. The molecule has 0 unspecified atom stereocenters. The summed E-state index contributed by atoms with van der Waals surface area (Å²) in [5.74, 6) is -3.60. The summed E-state index contributed by atoms with van der Waals surface area (Å²) in [5.41, 5.74) is 4.01. The Morgan fingerprint density at radius 2 is 1.56 bits per heavy atom. The van der Waals surface area contributed by atoms with E-state index in [1.165, 1.54) is 13.8 Å². The molecule has 2 N–H and O–H groups in total. The van der Waals surface area contributed by atoms with Crippen molar-refractivity contribution < 1.29 is 37.4 Å². The number of fused-ring (bicyclic) bond motifs is 3. The third kappa shape index (κ3) is 5.86. The molecule has 2 amide bonds. The second-order valence-electron chi connectivity index (χ2n) is 8.39. The largest absolute Gasteiger partial charge is 0.480 e. The molecule has 1 aliphatic rings. The van der Waals surface area contributed by atoms with Gasteiger partial charge in [0.15, 0.2) is 0 Å². The molecule has 0 aliphatic heterocycles. The molecule has 0 aromatic heterocycles. The first-order chi connectivity index (χ1) is 16.0. The Balaban J connectivity index is 1.71. The molecule has 0 bridgehead atoms. The third-order valence-electron chi connectivity index (χ3n) is 5.56. The maximum Gasteiger partial charge on any atom is 0.407 e. The topological polar surface area (TPSA) is 95.9 Å². The smallest absolute Gasteiger partial charge is 0.407 e. The number of carbonyl (C=O) groups is 3. The van der Waals surface area contributed by atoms with Crippen LogP contribution in [0.4, 0.5) is 18.0 Å². The lowest BCUT2D eigenvalue weighted by Gasteiger charge is -2.29. The molecule has 3 rings (SSSR count). The molecule has 2 aromatic carbocycles. The molecule has 0 radical (unpaired) electrons. The van der Waals surface area contributed by atoms with E-state index < -0.39 is 49.2 Å². The predicted octanol–water partition coefficient (Wildman–Crippen LogP) is 4.03. The summed E-state index contributed by atoms with van der Waals surface area (Å²) in [5, 5.41) is 11.2. The molecular weight excluding hydrogens is 453 g/mol. The minimum Gasteiger partial charge on any atom is -0.480 e. The average molecular weight is 478 g/mol. The minimum atomic E-state index is -4.80. The van der Waals surface area contributed by atoms with E-state index in [0.717, 1.165) is 22.3 Å². The van der Waals surface area contributed by atoms with E-state index in [9.17, 15) is 27.6 Å². The number of carboxylic acid groups (broad SMARTS) is 1. The van der Waals surface area contributed by atoms with Crippen LogP contribution in [-0.4, -0.2) is 59.9 Å². The van der Waals surface area contributed by atoms with E-state index in [1.54, 1.807) is 0 Å².